The van der Waals surface area contributed by atoms with Crippen LogP contribution in [0.25, 0.3) is 6.08 Å². The van der Waals surface area contributed by atoms with Crippen LogP contribution >= 0.6 is 24.0 Å². The van der Waals surface area contributed by atoms with Crippen molar-refractivity contribution in [3.05, 3.63) is 34.7 Å². The summed E-state index contributed by atoms with van der Waals surface area (Å²) in [4.78, 5) is 24.6. The lowest BCUT2D eigenvalue weighted by Gasteiger charge is -2.03. The van der Waals surface area contributed by atoms with E-state index in [1.165, 1.54) is 23.6 Å². The van der Waals surface area contributed by atoms with Crippen molar-refractivity contribution in [2.24, 2.45) is 0 Å². The number of benzene rings is 1. The van der Waals surface area contributed by atoms with Crippen LogP contribution in [0.5, 0.6) is 5.75 Å². The second-order valence-electron chi connectivity index (χ2n) is 3.90. The summed E-state index contributed by atoms with van der Waals surface area (Å²) in [6.45, 7) is 1.35. The first-order valence-corrected chi connectivity index (χ1v) is 6.70. The van der Waals surface area contributed by atoms with E-state index >= 15 is 0 Å². The fourth-order valence-electron chi connectivity index (χ4n) is 1.50. The van der Waals surface area contributed by atoms with E-state index in [-0.39, 0.29) is 11.9 Å². The van der Waals surface area contributed by atoms with E-state index in [2.05, 4.69) is 0 Å². The number of hydrogen-bond donors (Lipinski definition) is 0. The standard InChI is InChI=1S/C13H11NO3S2/c1-8(15)17-10-5-3-9(4-6-10)7-11-12(16)14(2)13(18)19-11/h3-7H,1-2H3/b11-7+. The van der Waals surface area contributed by atoms with Gasteiger partial charge in [0, 0.05) is 14.0 Å². The molecule has 1 amide bonds. The molecule has 0 saturated carbocycles. The molecule has 98 valence electrons. The van der Waals surface area contributed by atoms with Gasteiger partial charge >= 0.3 is 5.97 Å². The van der Waals surface area contributed by atoms with Gasteiger partial charge in [-0.25, -0.2) is 0 Å². The average Bonchev–Trinajstić information content (AvgIpc) is 2.59. The minimum Gasteiger partial charge on any atom is -0.427 e. The lowest BCUT2D eigenvalue weighted by atomic mass is 10.2. The SMILES string of the molecule is CC(=O)Oc1ccc(/C=C2/SC(=S)N(C)C2=O)cc1. The van der Waals surface area contributed by atoms with Gasteiger partial charge in [-0.15, -0.1) is 0 Å². The van der Waals surface area contributed by atoms with Crippen molar-refractivity contribution in [1.82, 2.24) is 4.90 Å². The molecule has 0 atom stereocenters. The predicted octanol–water partition coefficient (Wildman–Crippen LogP) is 2.44. The zero-order valence-electron chi connectivity index (χ0n) is 10.4. The Labute approximate surface area is 120 Å². The van der Waals surface area contributed by atoms with Gasteiger partial charge in [0.2, 0.25) is 0 Å². The van der Waals surface area contributed by atoms with Gasteiger partial charge in [-0.05, 0) is 23.8 Å². The first-order valence-electron chi connectivity index (χ1n) is 5.47. The van der Waals surface area contributed by atoms with Crippen LogP contribution in [-0.2, 0) is 9.59 Å². The monoisotopic (exact) mass is 293 g/mol. The Hall–Kier alpha value is -1.66. The summed E-state index contributed by atoms with van der Waals surface area (Å²) in [6, 6.07) is 6.92. The van der Waals surface area contributed by atoms with Crippen LogP contribution in [0, 0.1) is 0 Å². The van der Waals surface area contributed by atoms with E-state index in [0.29, 0.717) is 15.0 Å². The van der Waals surface area contributed by atoms with Gasteiger partial charge in [0.25, 0.3) is 5.91 Å². The van der Waals surface area contributed by atoms with Crippen molar-refractivity contribution in [2.45, 2.75) is 6.92 Å². The molecule has 1 heterocycles. The average molecular weight is 293 g/mol. The van der Waals surface area contributed by atoms with E-state index in [0.717, 1.165) is 5.56 Å². The maximum atomic E-state index is 11.8. The number of likely N-dealkylation sites (N-methyl/N-ethyl adjacent to an activating group) is 1. The molecule has 2 rings (SSSR count). The number of thiocarbonyl (C=S) groups is 1. The van der Waals surface area contributed by atoms with Crippen LogP contribution in [0.2, 0.25) is 0 Å². The zero-order chi connectivity index (χ0) is 14.0. The number of carbonyl (C=O) groups excluding carboxylic acids is 2. The second kappa shape index (κ2) is 5.54. The summed E-state index contributed by atoms with van der Waals surface area (Å²) in [6.07, 6.45) is 1.76. The normalized spacial score (nSPS) is 17.2. The Morgan fingerprint density at radius 1 is 1.37 bits per heavy atom. The third-order valence-electron chi connectivity index (χ3n) is 2.43. The molecular formula is C13H11NO3S2. The molecule has 0 aliphatic carbocycles. The molecular weight excluding hydrogens is 282 g/mol. The minimum atomic E-state index is -0.361. The summed E-state index contributed by atoms with van der Waals surface area (Å²) in [7, 11) is 1.66. The number of thioether (sulfide) groups is 1. The van der Waals surface area contributed by atoms with E-state index in [1.807, 2.05) is 0 Å². The highest BCUT2D eigenvalue weighted by Gasteiger charge is 2.28. The summed E-state index contributed by atoms with van der Waals surface area (Å²) in [5, 5.41) is 0. The molecule has 0 aromatic heterocycles. The Morgan fingerprint density at radius 3 is 2.47 bits per heavy atom. The zero-order valence-corrected chi connectivity index (χ0v) is 12.0. The van der Waals surface area contributed by atoms with Crippen LogP contribution in [0.4, 0.5) is 0 Å². The van der Waals surface area contributed by atoms with E-state index in [9.17, 15) is 9.59 Å². The fourth-order valence-corrected chi connectivity index (χ4v) is 2.67. The number of carbonyl (C=O) groups is 2. The quantitative estimate of drug-likeness (QED) is 0.363. The number of nitrogens with zero attached hydrogens (tertiary/aromatic N) is 1. The largest absolute Gasteiger partial charge is 0.427 e. The molecule has 0 unspecified atom stereocenters. The molecule has 1 fully saturated rings. The number of hydrogen-bond acceptors (Lipinski definition) is 5. The lowest BCUT2D eigenvalue weighted by molar-refractivity contribution is -0.131. The highest BCUT2D eigenvalue weighted by Crippen LogP contribution is 2.31. The maximum absolute atomic E-state index is 11.8. The molecule has 0 N–H and O–H groups in total. The van der Waals surface area contributed by atoms with Crippen molar-refractivity contribution in [3.8, 4) is 5.75 Å². The van der Waals surface area contributed by atoms with Crippen molar-refractivity contribution >= 4 is 46.3 Å². The molecule has 0 bridgehead atoms. The Morgan fingerprint density at radius 2 is 2.00 bits per heavy atom. The second-order valence-corrected chi connectivity index (χ2v) is 5.58. The van der Waals surface area contributed by atoms with E-state index < -0.39 is 0 Å². The first-order chi connectivity index (χ1) is 8.97. The molecule has 0 spiro atoms. The highest BCUT2D eigenvalue weighted by atomic mass is 32.2. The van der Waals surface area contributed by atoms with E-state index in [4.69, 9.17) is 17.0 Å². The molecule has 6 heteroatoms. The van der Waals surface area contributed by atoms with Gasteiger partial charge in [-0.2, -0.15) is 0 Å². The van der Waals surface area contributed by atoms with Crippen LogP contribution < -0.4 is 4.74 Å². The fraction of sp³-hybridized carbons (Fsp3) is 0.154. The third kappa shape index (κ3) is 3.21. The maximum Gasteiger partial charge on any atom is 0.308 e. The first kappa shape index (κ1) is 13.8. The third-order valence-corrected chi connectivity index (χ3v) is 3.91. The molecule has 19 heavy (non-hydrogen) atoms. The molecule has 0 radical (unpaired) electrons. The molecule has 1 aliphatic rings. The van der Waals surface area contributed by atoms with Gasteiger partial charge in [0.15, 0.2) is 0 Å². The Balaban J connectivity index is 2.18. The molecule has 4 nitrogen and oxygen atoms in total. The molecule has 1 aromatic carbocycles. The van der Waals surface area contributed by atoms with E-state index in [1.54, 1.807) is 37.4 Å². The van der Waals surface area contributed by atoms with Gasteiger partial charge in [0.05, 0.1) is 4.91 Å². The Bertz CT molecular complexity index is 578. The number of ether oxygens (including phenoxy) is 1. The Kier molecular flexibility index (Phi) is 4.01. The molecule has 1 saturated heterocycles. The predicted molar refractivity (Wildman–Crippen MR) is 78.7 cm³/mol. The highest BCUT2D eigenvalue weighted by molar-refractivity contribution is 8.26. The summed E-state index contributed by atoms with van der Waals surface area (Å²) in [5.41, 5.74) is 0.852. The molecule has 1 aliphatic heterocycles. The van der Waals surface area contributed by atoms with Gasteiger partial charge in [-0.3, -0.25) is 14.5 Å². The van der Waals surface area contributed by atoms with Gasteiger partial charge in [0.1, 0.15) is 10.1 Å². The molecule has 1 aromatic rings. The summed E-state index contributed by atoms with van der Waals surface area (Å²) < 4.78 is 5.48. The van der Waals surface area contributed by atoms with Crippen molar-refractivity contribution < 1.29 is 14.3 Å². The minimum absolute atomic E-state index is 0.0981. The van der Waals surface area contributed by atoms with Crippen molar-refractivity contribution in [2.75, 3.05) is 7.05 Å². The van der Waals surface area contributed by atoms with Gasteiger partial charge < -0.3 is 4.74 Å². The summed E-state index contributed by atoms with van der Waals surface area (Å²) in [5.74, 6) is 0.0198. The van der Waals surface area contributed by atoms with Crippen LogP contribution in [0.3, 0.4) is 0 Å². The number of esters is 1. The number of amides is 1. The van der Waals surface area contributed by atoms with Crippen molar-refractivity contribution in [1.29, 1.82) is 0 Å². The summed E-state index contributed by atoms with van der Waals surface area (Å²) >= 11 is 6.33. The van der Waals surface area contributed by atoms with Gasteiger partial charge in [-0.1, -0.05) is 36.1 Å². The van der Waals surface area contributed by atoms with Crippen LogP contribution in [-0.4, -0.2) is 28.1 Å². The number of rotatable bonds is 2. The smallest absolute Gasteiger partial charge is 0.308 e. The lowest BCUT2D eigenvalue weighted by Crippen LogP contribution is -2.22. The van der Waals surface area contributed by atoms with Crippen LogP contribution in [0.15, 0.2) is 29.2 Å². The van der Waals surface area contributed by atoms with Crippen LogP contribution in [0.1, 0.15) is 12.5 Å². The van der Waals surface area contributed by atoms with Crippen molar-refractivity contribution in [3.63, 3.8) is 0 Å². The topological polar surface area (TPSA) is 46.6 Å².